The van der Waals surface area contributed by atoms with Gasteiger partial charge in [-0.15, -0.1) is 0 Å². The average molecular weight is 228 g/mol. The minimum atomic E-state index is -0.496. The van der Waals surface area contributed by atoms with E-state index in [2.05, 4.69) is 21.3 Å². The quantitative estimate of drug-likeness (QED) is 0.334. The standard InChI is InChI=1S/C8H12N4O4/c13-5-1-6(14)10-4-12-8(16)2-7(15)11-3-9-5/h1-4H2,(H,9,13)(H,10,14)(H,11,15)(H,12,16). The minimum absolute atomic E-state index is 0.0990. The lowest BCUT2D eigenvalue weighted by Gasteiger charge is -2.11. The van der Waals surface area contributed by atoms with Crippen LogP contribution in [0.5, 0.6) is 0 Å². The Labute approximate surface area is 91.1 Å². The summed E-state index contributed by atoms with van der Waals surface area (Å²) >= 11 is 0. The summed E-state index contributed by atoms with van der Waals surface area (Å²) in [6, 6.07) is 0. The third kappa shape index (κ3) is 4.40. The van der Waals surface area contributed by atoms with Crippen molar-refractivity contribution in [3.8, 4) is 0 Å². The van der Waals surface area contributed by atoms with Crippen LogP contribution in [0.15, 0.2) is 0 Å². The van der Waals surface area contributed by atoms with Gasteiger partial charge in [-0.1, -0.05) is 0 Å². The molecule has 0 aliphatic carbocycles. The van der Waals surface area contributed by atoms with Gasteiger partial charge in [0, 0.05) is 0 Å². The van der Waals surface area contributed by atoms with Gasteiger partial charge < -0.3 is 21.3 Å². The Hall–Kier alpha value is -2.12. The van der Waals surface area contributed by atoms with Gasteiger partial charge >= 0.3 is 0 Å². The van der Waals surface area contributed by atoms with Crippen molar-refractivity contribution in [2.24, 2.45) is 0 Å². The molecule has 0 aromatic carbocycles. The highest BCUT2D eigenvalue weighted by molar-refractivity contribution is 5.99. The number of rotatable bonds is 0. The number of hydrogen-bond donors (Lipinski definition) is 4. The molecular formula is C8H12N4O4. The molecule has 1 aliphatic heterocycles. The average Bonchev–Trinajstić information content (AvgIpc) is 2.15. The summed E-state index contributed by atoms with van der Waals surface area (Å²) in [5.74, 6) is -1.98. The molecule has 1 saturated heterocycles. The molecule has 0 unspecified atom stereocenters. The molecule has 4 N–H and O–H groups in total. The Kier molecular flexibility index (Phi) is 4.25. The fourth-order valence-corrected chi connectivity index (χ4v) is 1.02. The Morgan fingerprint density at radius 2 is 0.812 bits per heavy atom. The van der Waals surface area contributed by atoms with Crippen LogP contribution in [0, 0.1) is 0 Å². The second-order valence-corrected chi connectivity index (χ2v) is 3.11. The lowest BCUT2D eigenvalue weighted by atomic mass is 10.3. The Bertz CT molecular complexity index is 268. The predicted octanol–water partition coefficient (Wildman–Crippen LogP) is -2.84. The Balaban J connectivity index is 2.52. The van der Waals surface area contributed by atoms with E-state index < -0.39 is 23.6 Å². The Morgan fingerprint density at radius 3 is 1.06 bits per heavy atom. The summed E-state index contributed by atoms with van der Waals surface area (Å²) in [7, 11) is 0. The Morgan fingerprint density at radius 1 is 0.562 bits per heavy atom. The van der Waals surface area contributed by atoms with E-state index in [-0.39, 0.29) is 26.2 Å². The van der Waals surface area contributed by atoms with Crippen LogP contribution >= 0.6 is 0 Å². The molecule has 8 heteroatoms. The molecule has 0 atom stereocenters. The maximum atomic E-state index is 11.1. The summed E-state index contributed by atoms with van der Waals surface area (Å²) in [6.45, 7) is -0.198. The molecule has 8 nitrogen and oxygen atoms in total. The molecule has 16 heavy (non-hydrogen) atoms. The predicted molar refractivity (Wildman–Crippen MR) is 51.5 cm³/mol. The zero-order chi connectivity index (χ0) is 12.0. The highest BCUT2D eigenvalue weighted by Gasteiger charge is 2.13. The summed E-state index contributed by atoms with van der Waals surface area (Å²) in [5.41, 5.74) is 0. The summed E-state index contributed by atoms with van der Waals surface area (Å²) in [4.78, 5) is 44.3. The zero-order valence-corrected chi connectivity index (χ0v) is 8.46. The van der Waals surface area contributed by atoms with Crippen LogP contribution in [-0.4, -0.2) is 37.0 Å². The molecule has 0 aromatic rings. The van der Waals surface area contributed by atoms with E-state index in [1.54, 1.807) is 0 Å². The molecule has 0 aromatic heterocycles. The second-order valence-electron chi connectivity index (χ2n) is 3.11. The number of carbonyl (C=O) groups is 4. The van der Waals surface area contributed by atoms with E-state index in [4.69, 9.17) is 0 Å². The zero-order valence-electron chi connectivity index (χ0n) is 8.46. The van der Waals surface area contributed by atoms with Crippen molar-refractivity contribution in [2.75, 3.05) is 13.3 Å². The fraction of sp³-hybridized carbons (Fsp3) is 0.500. The van der Waals surface area contributed by atoms with Crippen molar-refractivity contribution in [1.82, 2.24) is 21.3 Å². The molecule has 1 aliphatic rings. The van der Waals surface area contributed by atoms with E-state index in [1.807, 2.05) is 0 Å². The van der Waals surface area contributed by atoms with Crippen molar-refractivity contribution in [3.05, 3.63) is 0 Å². The van der Waals surface area contributed by atoms with Gasteiger partial charge in [0.15, 0.2) is 0 Å². The van der Waals surface area contributed by atoms with E-state index in [1.165, 1.54) is 0 Å². The topological polar surface area (TPSA) is 116 Å². The van der Waals surface area contributed by atoms with Crippen molar-refractivity contribution < 1.29 is 19.2 Å². The third-order valence-corrected chi connectivity index (χ3v) is 1.78. The molecule has 1 fully saturated rings. The molecule has 1 heterocycles. The fourth-order valence-electron chi connectivity index (χ4n) is 1.02. The third-order valence-electron chi connectivity index (χ3n) is 1.78. The molecule has 0 radical (unpaired) electrons. The van der Waals surface area contributed by atoms with E-state index >= 15 is 0 Å². The van der Waals surface area contributed by atoms with Gasteiger partial charge in [0.1, 0.15) is 12.8 Å². The molecule has 0 saturated carbocycles. The summed E-state index contributed by atoms with van der Waals surface area (Å²) in [6.07, 6.45) is -0.683. The van der Waals surface area contributed by atoms with Crippen LogP contribution in [0.1, 0.15) is 12.8 Å². The maximum Gasteiger partial charge on any atom is 0.230 e. The molecular weight excluding hydrogens is 216 g/mol. The smallest absolute Gasteiger partial charge is 0.230 e. The molecule has 1 rings (SSSR count). The number of amides is 4. The second kappa shape index (κ2) is 5.69. The summed E-state index contributed by atoms with van der Waals surface area (Å²) in [5, 5.41) is 9.25. The maximum absolute atomic E-state index is 11.1. The number of carbonyl (C=O) groups excluding carboxylic acids is 4. The van der Waals surface area contributed by atoms with Crippen LogP contribution in [-0.2, 0) is 19.2 Å². The molecule has 4 amide bonds. The molecule has 0 bridgehead atoms. The van der Waals surface area contributed by atoms with Gasteiger partial charge in [-0.3, -0.25) is 19.2 Å². The van der Waals surface area contributed by atoms with Crippen molar-refractivity contribution in [2.45, 2.75) is 12.8 Å². The minimum Gasteiger partial charge on any atom is -0.338 e. The lowest BCUT2D eigenvalue weighted by molar-refractivity contribution is -0.130. The van der Waals surface area contributed by atoms with Crippen LogP contribution in [0.3, 0.4) is 0 Å². The largest absolute Gasteiger partial charge is 0.338 e. The van der Waals surface area contributed by atoms with E-state index in [9.17, 15) is 19.2 Å². The highest BCUT2D eigenvalue weighted by Crippen LogP contribution is 1.83. The van der Waals surface area contributed by atoms with Gasteiger partial charge in [-0.05, 0) is 0 Å². The van der Waals surface area contributed by atoms with Crippen LogP contribution in [0.2, 0.25) is 0 Å². The van der Waals surface area contributed by atoms with Gasteiger partial charge in [-0.2, -0.15) is 0 Å². The van der Waals surface area contributed by atoms with E-state index in [0.717, 1.165) is 0 Å². The lowest BCUT2D eigenvalue weighted by Crippen LogP contribution is -2.45. The first-order valence-electron chi connectivity index (χ1n) is 4.64. The first-order chi connectivity index (χ1) is 7.58. The van der Waals surface area contributed by atoms with Gasteiger partial charge in [0.05, 0.1) is 13.3 Å². The van der Waals surface area contributed by atoms with E-state index in [0.29, 0.717) is 0 Å². The van der Waals surface area contributed by atoms with Crippen molar-refractivity contribution in [1.29, 1.82) is 0 Å². The van der Waals surface area contributed by atoms with Gasteiger partial charge in [-0.25, -0.2) is 0 Å². The SMILES string of the molecule is O=C1CC(=O)NCNC(=O)CC(=O)NCN1. The number of hydrogen-bond acceptors (Lipinski definition) is 4. The first-order valence-corrected chi connectivity index (χ1v) is 4.64. The summed E-state index contributed by atoms with van der Waals surface area (Å²) < 4.78 is 0. The highest BCUT2D eigenvalue weighted by atomic mass is 16.2. The van der Waals surface area contributed by atoms with Crippen LogP contribution < -0.4 is 21.3 Å². The van der Waals surface area contributed by atoms with Crippen LogP contribution in [0.4, 0.5) is 0 Å². The monoisotopic (exact) mass is 228 g/mol. The normalized spacial score (nSPS) is 19.5. The molecule has 0 spiro atoms. The van der Waals surface area contributed by atoms with Gasteiger partial charge in [0.2, 0.25) is 23.6 Å². The molecule has 88 valence electrons. The van der Waals surface area contributed by atoms with Crippen molar-refractivity contribution >= 4 is 23.6 Å². The van der Waals surface area contributed by atoms with Crippen molar-refractivity contribution in [3.63, 3.8) is 0 Å². The first kappa shape index (κ1) is 12.0. The number of nitrogens with one attached hydrogen (secondary N) is 4. The van der Waals surface area contributed by atoms with Gasteiger partial charge in [0.25, 0.3) is 0 Å². The van der Waals surface area contributed by atoms with Crippen LogP contribution in [0.25, 0.3) is 0 Å².